The molecule has 0 atom stereocenters. The number of nitrogens with zero attached hydrogens (tertiary/aromatic N) is 2. The molecular formula is C8H7IN4. The predicted octanol–water partition coefficient (Wildman–Crippen LogP) is 1.66. The van der Waals surface area contributed by atoms with Crippen LogP contribution in [0.4, 0.5) is 5.95 Å². The molecular weight excluding hydrogens is 279 g/mol. The van der Waals surface area contributed by atoms with Crippen molar-refractivity contribution >= 4 is 28.5 Å². The van der Waals surface area contributed by atoms with Gasteiger partial charge in [0.15, 0.2) is 5.82 Å². The van der Waals surface area contributed by atoms with E-state index in [-0.39, 0.29) is 5.95 Å². The van der Waals surface area contributed by atoms with Gasteiger partial charge in [0.25, 0.3) is 0 Å². The maximum Gasteiger partial charge on any atom is 0.239 e. The summed E-state index contributed by atoms with van der Waals surface area (Å²) in [6, 6.07) is 7.91. The van der Waals surface area contributed by atoms with Gasteiger partial charge in [0, 0.05) is 9.13 Å². The lowest BCUT2D eigenvalue weighted by Gasteiger charge is -1.97. The van der Waals surface area contributed by atoms with Crippen LogP contribution in [0.25, 0.3) is 11.4 Å². The second-order valence-corrected chi connectivity index (χ2v) is 3.68. The Hall–Kier alpha value is -1.11. The molecule has 0 saturated carbocycles. The highest BCUT2D eigenvalue weighted by Gasteiger charge is 2.05. The first-order valence-corrected chi connectivity index (χ1v) is 4.78. The minimum absolute atomic E-state index is 0.273. The average Bonchev–Trinajstić information content (AvgIpc) is 2.53. The van der Waals surface area contributed by atoms with Gasteiger partial charge in [0.1, 0.15) is 0 Å². The number of rotatable bonds is 1. The number of H-pyrrole nitrogens is 1. The summed E-state index contributed by atoms with van der Waals surface area (Å²) in [5.41, 5.74) is 6.43. The Bertz CT molecular complexity index is 424. The molecule has 0 saturated heterocycles. The molecule has 1 aromatic carbocycles. The van der Waals surface area contributed by atoms with Gasteiger partial charge < -0.3 is 5.73 Å². The lowest BCUT2D eigenvalue weighted by molar-refractivity contribution is 1.10. The van der Waals surface area contributed by atoms with Crippen molar-refractivity contribution in [3.8, 4) is 11.4 Å². The summed E-state index contributed by atoms with van der Waals surface area (Å²) in [5.74, 6) is 0.983. The van der Waals surface area contributed by atoms with Gasteiger partial charge >= 0.3 is 0 Å². The van der Waals surface area contributed by atoms with Crippen molar-refractivity contribution in [1.82, 2.24) is 15.2 Å². The molecule has 4 nitrogen and oxygen atoms in total. The SMILES string of the molecule is Nc1n[nH]c(-c2ccccc2I)n1. The van der Waals surface area contributed by atoms with Crippen molar-refractivity contribution < 1.29 is 0 Å². The molecule has 0 aliphatic carbocycles. The standard InChI is InChI=1S/C8H7IN4/c9-6-4-2-1-3-5(6)7-11-8(10)13-12-7/h1-4H,(H3,10,11,12,13). The van der Waals surface area contributed by atoms with Gasteiger partial charge in [-0.05, 0) is 28.7 Å². The molecule has 0 spiro atoms. The molecule has 5 heteroatoms. The zero-order valence-corrected chi connectivity index (χ0v) is 8.82. The first-order valence-electron chi connectivity index (χ1n) is 3.70. The quantitative estimate of drug-likeness (QED) is 0.783. The van der Waals surface area contributed by atoms with E-state index in [0.29, 0.717) is 5.82 Å². The molecule has 0 fully saturated rings. The van der Waals surface area contributed by atoms with Crippen LogP contribution in [-0.4, -0.2) is 15.2 Å². The molecule has 3 N–H and O–H groups in total. The second-order valence-electron chi connectivity index (χ2n) is 2.52. The zero-order chi connectivity index (χ0) is 9.26. The van der Waals surface area contributed by atoms with Crippen LogP contribution in [0.5, 0.6) is 0 Å². The average molecular weight is 286 g/mol. The number of aromatic nitrogens is 3. The van der Waals surface area contributed by atoms with Crippen molar-refractivity contribution in [3.63, 3.8) is 0 Å². The molecule has 0 amide bonds. The second kappa shape index (κ2) is 3.33. The first kappa shape index (κ1) is 8.49. The van der Waals surface area contributed by atoms with Crippen LogP contribution in [0.3, 0.4) is 0 Å². The lowest BCUT2D eigenvalue weighted by atomic mass is 10.2. The molecule has 0 aliphatic heterocycles. The molecule has 2 aromatic rings. The molecule has 1 aromatic heterocycles. The Morgan fingerprint density at radius 2 is 2.08 bits per heavy atom. The summed E-state index contributed by atoms with van der Waals surface area (Å²) in [7, 11) is 0. The lowest BCUT2D eigenvalue weighted by Crippen LogP contribution is -1.86. The third-order valence-electron chi connectivity index (χ3n) is 1.63. The molecule has 13 heavy (non-hydrogen) atoms. The highest BCUT2D eigenvalue weighted by molar-refractivity contribution is 14.1. The number of hydrogen-bond acceptors (Lipinski definition) is 3. The summed E-state index contributed by atoms with van der Waals surface area (Å²) in [6.07, 6.45) is 0. The van der Waals surface area contributed by atoms with Gasteiger partial charge in [0.05, 0.1) is 0 Å². The topological polar surface area (TPSA) is 67.6 Å². The van der Waals surface area contributed by atoms with Crippen LogP contribution in [0.15, 0.2) is 24.3 Å². The highest BCUT2D eigenvalue weighted by atomic mass is 127. The summed E-state index contributed by atoms with van der Waals surface area (Å²) < 4.78 is 1.12. The Balaban J connectivity index is 2.52. The van der Waals surface area contributed by atoms with E-state index < -0.39 is 0 Å². The van der Waals surface area contributed by atoms with E-state index in [2.05, 4.69) is 37.8 Å². The summed E-state index contributed by atoms with van der Waals surface area (Å²) in [6.45, 7) is 0. The maximum atomic E-state index is 5.41. The summed E-state index contributed by atoms with van der Waals surface area (Å²) in [5, 5.41) is 6.54. The zero-order valence-electron chi connectivity index (χ0n) is 6.66. The van der Waals surface area contributed by atoms with E-state index in [1.54, 1.807) is 0 Å². The predicted molar refractivity (Wildman–Crippen MR) is 58.9 cm³/mol. The Morgan fingerprint density at radius 3 is 2.69 bits per heavy atom. The van der Waals surface area contributed by atoms with Gasteiger partial charge in [-0.1, -0.05) is 18.2 Å². The molecule has 0 aliphatic rings. The van der Waals surface area contributed by atoms with E-state index in [4.69, 9.17) is 5.73 Å². The van der Waals surface area contributed by atoms with Crippen molar-refractivity contribution in [2.75, 3.05) is 5.73 Å². The van der Waals surface area contributed by atoms with Crippen LogP contribution >= 0.6 is 22.6 Å². The van der Waals surface area contributed by atoms with Crippen molar-refractivity contribution in [2.45, 2.75) is 0 Å². The van der Waals surface area contributed by atoms with E-state index in [1.165, 1.54) is 0 Å². The van der Waals surface area contributed by atoms with Crippen molar-refractivity contribution in [1.29, 1.82) is 0 Å². The molecule has 0 bridgehead atoms. The van der Waals surface area contributed by atoms with Gasteiger partial charge in [-0.25, -0.2) is 0 Å². The van der Waals surface area contributed by atoms with Crippen LogP contribution in [0, 0.1) is 3.57 Å². The Morgan fingerprint density at radius 1 is 1.31 bits per heavy atom. The fourth-order valence-corrected chi connectivity index (χ4v) is 1.69. The fraction of sp³-hybridized carbons (Fsp3) is 0. The molecule has 2 rings (SSSR count). The number of aromatic amines is 1. The summed E-state index contributed by atoms with van der Waals surface area (Å²) >= 11 is 2.24. The third-order valence-corrected chi connectivity index (χ3v) is 2.57. The smallest absolute Gasteiger partial charge is 0.239 e. The van der Waals surface area contributed by atoms with Gasteiger partial charge in [-0.3, -0.25) is 5.10 Å². The third kappa shape index (κ3) is 1.64. The van der Waals surface area contributed by atoms with Crippen LogP contribution < -0.4 is 5.73 Å². The van der Waals surface area contributed by atoms with E-state index in [1.807, 2.05) is 24.3 Å². The van der Waals surface area contributed by atoms with Crippen LogP contribution in [-0.2, 0) is 0 Å². The summed E-state index contributed by atoms with van der Waals surface area (Å²) in [4.78, 5) is 4.05. The number of nitrogens with one attached hydrogen (secondary N) is 1. The number of benzene rings is 1. The molecule has 0 radical (unpaired) electrons. The Labute approximate surface area is 88.7 Å². The minimum atomic E-state index is 0.273. The number of nitrogens with two attached hydrogens (primary N) is 1. The number of nitrogen functional groups attached to an aromatic ring is 1. The van der Waals surface area contributed by atoms with Gasteiger partial charge in [0.2, 0.25) is 5.95 Å². The fourth-order valence-electron chi connectivity index (χ4n) is 1.05. The van der Waals surface area contributed by atoms with Crippen LogP contribution in [0.2, 0.25) is 0 Å². The minimum Gasteiger partial charge on any atom is -0.366 e. The monoisotopic (exact) mass is 286 g/mol. The van der Waals surface area contributed by atoms with E-state index in [0.717, 1.165) is 9.13 Å². The largest absolute Gasteiger partial charge is 0.366 e. The Kier molecular flexibility index (Phi) is 2.17. The molecule has 1 heterocycles. The van der Waals surface area contributed by atoms with Gasteiger partial charge in [-0.2, -0.15) is 4.98 Å². The highest BCUT2D eigenvalue weighted by Crippen LogP contribution is 2.21. The maximum absolute atomic E-state index is 5.41. The van der Waals surface area contributed by atoms with E-state index >= 15 is 0 Å². The number of halogens is 1. The van der Waals surface area contributed by atoms with Gasteiger partial charge in [-0.15, -0.1) is 5.10 Å². The normalized spacial score (nSPS) is 10.2. The molecule has 0 unspecified atom stereocenters. The van der Waals surface area contributed by atoms with Crippen LogP contribution in [0.1, 0.15) is 0 Å². The number of hydrogen-bond donors (Lipinski definition) is 2. The van der Waals surface area contributed by atoms with Crippen molar-refractivity contribution in [2.24, 2.45) is 0 Å². The molecule has 66 valence electrons. The van der Waals surface area contributed by atoms with Crippen molar-refractivity contribution in [3.05, 3.63) is 27.8 Å². The number of anilines is 1. The van der Waals surface area contributed by atoms with E-state index in [9.17, 15) is 0 Å². The first-order chi connectivity index (χ1) is 6.27.